The van der Waals surface area contributed by atoms with E-state index in [1.807, 2.05) is 30.3 Å². The van der Waals surface area contributed by atoms with Crippen molar-refractivity contribution in [3.8, 4) is 16.9 Å². The molecule has 7 rings (SSSR count). The van der Waals surface area contributed by atoms with Crippen molar-refractivity contribution in [3.63, 3.8) is 0 Å². The molecule has 0 unspecified atom stereocenters. The molecule has 1 saturated heterocycles. The molecule has 0 aromatic heterocycles. The van der Waals surface area contributed by atoms with E-state index in [0.717, 1.165) is 54.8 Å². The number of carbonyl (C=O) groups is 2. The van der Waals surface area contributed by atoms with Crippen LogP contribution in [0.25, 0.3) is 11.1 Å². The molecule has 1 heterocycles. The van der Waals surface area contributed by atoms with E-state index in [4.69, 9.17) is 24.4 Å². The minimum absolute atomic E-state index is 0.0310. The average molecular weight is 858 g/mol. The fourth-order valence-corrected chi connectivity index (χ4v) is 10.6. The fraction of sp³-hybridized carbons (Fsp3) is 0.346. The molecule has 1 saturated carbocycles. The summed E-state index contributed by atoms with van der Waals surface area (Å²) in [5.74, 6) is -0.459. The van der Waals surface area contributed by atoms with E-state index in [0.29, 0.717) is 39.1 Å². The van der Waals surface area contributed by atoms with Crippen molar-refractivity contribution in [1.29, 1.82) is 0 Å². The number of hydrogen-bond donors (Lipinski definition) is 3. The molecule has 5 aromatic carbocycles. The van der Waals surface area contributed by atoms with Gasteiger partial charge in [-0.25, -0.2) is 0 Å². The van der Waals surface area contributed by atoms with Crippen molar-refractivity contribution >= 4 is 35.8 Å². The second-order valence-electron chi connectivity index (χ2n) is 15.8. The van der Waals surface area contributed by atoms with Gasteiger partial charge in [-0.05, 0) is 90.3 Å². The van der Waals surface area contributed by atoms with Crippen LogP contribution in [0.1, 0.15) is 56.1 Å². The summed E-state index contributed by atoms with van der Waals surface area (Å²) < 4.78 is 17.2. The highest BCUT2D eigenvalue weighted by Gasteiger charge is 2.45. The Morgan fingerprint density at radius 2 is 1.26 bits per heavy atom. The summed E-state index contributed by atoms with van der Waals surface area (Å²) in [7, 11) is 1.09. The Morgan fingerprint density at radius 3 is 1.84 bits per heavy atom. The minimum atomic E-state index is -0.776. The molecule has 62 heavy (non-hydrogen) atoms. The van der Waals surface area contributed by atoms with Gasteiger partial charge in [0.15, 0.2) is 0 Å². The van der Waals surface area contributed by atoms with Crippen LogP contribution < -0.4 is 20.7 Å². The zero-order chi connectivity index (χ0) is 43.5. The summed E-state index contributed by atoms with van der Waals surface area (Å²) >= 11 is 0. The number of aliphatic hydroxyl groups excluding tert-OH is 1. The molecule has 4 atom stereocenters. The van der Waals surface area contributed by atoms with Gasteiger partial charge < -0.3 is 29.5 Å². The highest BCUT2D eigenvalue weighted by molar-refractivity contribution is 7.79. The standard InChI is InChI=1S/C30H39NO6.C22H21O2P/c1-35-25-14-12-24(13-15-25)23-10-8-22(9-11-23)21-37-28-20-27(32)30(31-16-18-36-19-17-31)26(28)6-4-2-3-5-7-29(33)34;23-22(24)13-7-8-18-14-16-21(17-15-18)25(19-9-3-1-4-10-19)20-11-5-2-6-12-20/h2-3,8-15,26-28,30,32H,4-7,16-21H2,1H3,(H,33,34);1-6,9-12,14-17H,7-8,13H2,(H,23,24)/b3-2-;/t26-,27+,28-,30+;/m0./s1. The first kappa shape index (κ1) is 46.4. The van der Waals surface area contributed by atoms with Crippen LogP contribution in [-0.2, 0) is 32.1 Å². The Balaban J connectivity index is 0.000000223. The molecule has 3 N–H and O–H groups in total. The second-order valence-corrected chi connectivity index (χ2v) is 18.0. The van der Waals surface area contributed by atoms with E-state index in [9.17, 15) is 14.7 Å². The number of methoxy groups -OCH3 is 1. The third-order valence-corrected chi connectivity index (χ3v) is 14.0. The maximum Gasteiger partial charge on any atom is 0.303 e. The number of morpholine rings is 1. The molecule has 0 radical (unpaired) electrons. The van der Waals surface area contributed by atoms with Gasteiger partial charge in [0.05, 0.1) is 39.1 Å². The summed E-state index contributed by atoms with van der Waals surface area (Å²) in [6.07, 6.45) is 8.32. The first-order valence-electron chi connectivity index (χ1n) is 21.7. The van der Waals surface area contributed by atoms with Crippen LogP contribution in [0, 0.1) is 5.92 Å². The van der Waals surface area contributed by atoms with Crippen molar-refractivity contribution in [1.82, 2.24) is 4.90 Å². The fourth-order valence-electron chi connectivity index (χ4n) is 8.36. The molecule has 2 fully saturated rings. The van der Waals surface area contributed by atoms with Crippen molar-refractivity contribution in [2.45, 2.75) is 76.2 Å². The quantitative estimate of drug-likeness (QED) is 0.0555. The van der Waals surface area contributed by atoms with E-state index in [2.05, 4.69) is 120 Å². The monoisotopic (exact) mass is 857 g/mol. The summed E-state index contributed by atoms with van der Waals surface area (Å²) in [5.41, 5.74) is 4.58. The SMILES string of the molecule is COc1ccc(-c2ccc(CO[C@H]3C[C@@H](O)[C@H](N4CCOCC4)[C@H]3CC/C=C\CCC(=O)O)cc2)cc1.O=C(O)CCCc1ccc(P(c2ccccc2)c2ccccc2)cc1. The third-order valence-electron chi connectivity index (χ3n) is 11.5. The van der Waals surface area contributed by atoms with Crippen LogP contribution >= 0.6 is 7.92 Å². The molecule has 0 amide bonds. The minimum Gasteiger partial charge on any atom is -0.497 e. The number of benzene rings is 5. The number of ether oxygens (including phenoxy) is 3. The van der Waals surface area contributed by atoms with Gasteiger partial charge in [-0.15, -0.1) is 0 Å². The Labute approximate surface area is 367 Å². The maximum atomic E-state index is 11.0. The summed E-state index contributed by atoms with van der Waals surface area (Å²) in [4.78, 5) is 23.8. The Morgan fingerprint density at radius 1 is 0.710 bits per heavy atom. The van der Waals surface area contributed by atoms with Crippen LogP contribution in [0.15, 0.2) is 146 Å². The highest BCUT2D eigenvalue weighted by atomic mass is 31.1. The molecule has 1 aliphatic heterocycles. The molecule has 10 heteroatoms. The van der Waals surface area contributed by atoms with Gasteiger partial charge in [-0.2, -0.15) is 0 Å². The largest absolute Gasteiger partial charge is 0.497 e. The number of aliphatic carboxylic acids is 2. The number of rotatable bonds is 19. The van der Waals surface area contributed by atoms with Crippen LogP contribution in [0.2, 0.25) is 0 Å². The zero-order valence-electron chi connectivity index (χ0n) is 35.6. The van der Waals surface area contributed by atoms with Crippen LogP contribution in [-0.4, -0.2) is 83.8 Å². The number of allylic oxidation sites excluding steroid dienone is 2. The lowest BCUT2D eigenvalue weighted by molar-refractivity contribution is -0.138. The van der Waals surface area contributed by atoms with Crippen LogP contribution in [0.3, 0.4) is 0 Å². The molecular formula is C52H60NO8P. The third kappa shape index (κ3) is 13.9. The topological polar surface area (TPSA) is 126 Å². The normalized spacial score (nSPS) is 19.0. The molecule has 1 aliphatic carbocycles. The van der Waals surface area contributed by atoms with Crippen LogP contribution in [0.5, 0.6) is 5.75 Å². The van der Waals surface area contributed by atoms with Gasteiger partial charge in [-0.3, -0.25) is 14.5 Å². The van der Waals surface area contributed by atoms with E-state index >= 15 is 0 Å². The predicted octanol–water partition coefficient (Wildman–Crippen LogP) is 8.38. The van der Waals surface area contributed by atoms with Gasteiger partial charge in [0.1, 0.15) is 5.75 Å². The highest BCUT2D eigenvalue weighted by Crippen LogP contribution is 2.37. The molecule has 2 aliphatic rings. The zero-order valence-corrected chi connectivity index (χ0v) is 36.5. The molecule has 326 valence electrons. The summed E-state index contributed by atoms with van der Waals surface area (Å²) in [5, 5.41) is 32.6. The van der Waals surface area contributed by atoms with Gasteiger partial charge in [0, 0.05) is 44.3 Å². The van der Waals surface area contributed by atoms with E-state index in [-0.39, 0.29) is 30.9 Å². The molecular weight excluding hydrogens is 798 g/mol. The van der Waals surface area contributed by atoms with E-state index < -0.39 is 26.0 Å². The summed E-state index contributed by atoms with van der Waals surface area (Å²) in [6.45, 7) is 3.54. The number of carboxylic acid groups (broad SMARTS) is 2. The predicted molar refractivity (Wildman–Crippen MR) is 248 cm³/mol. The van der Waals surface area contributed by atoms with Crippen molar-refractivity contribution in [2.75, 3.05) is 33.4 Å². The molecule has 9 nitrogen and oxygen atoms in total. The maximum absolute atomic E-state index is 11.0. The molecule has 5 aromatic rings. The average Bonchev–Trinajstić information content (AvgIpc) is 3.62. The van der Waals surface area contributed by atoms with Gasteiger partial charge in [0.2, 0.25) is 0 Å². The lowest BCUT2D eigenvalue weighted by Gasteiger charge is -2.38. The number of nitrogens with zero attached hydrogens (tertiary/aromatic N) is 1. The first-order valence-corrected chi connectivity index (χ1v) is 23.1. The molecule has 0 spiro atoms. The van der Waals surface area contributed by atoms with Crippen molar-refractivity contribution < 1.29 is 39.1 Å². The number of carboxylic acids is 2. The Kier molecular flexibility index (Phi) is 18.3. The second kappa shape index (κ2) is 24.5. The number of aliphatic hydroxyl groups is 1. The lowest BCUT2D eigenvalue weighted by Crippen LogP contribution is -2.50. The van der Waals surface area contributed by atoms with E-state index in [1.165, 1.54) is 21.5 Å². The Hall–Kier alpha value is -5.15. The molecule has 0 bridgehead atoms. The smallest absolute Gasteiger partial charge is 0.303 e. The van der Waals surface area contributed by atoms with Gasteiger partial charge in [0.25, 0.3) is 0 Å². The van der Waals surface area contributed by atoms with Gasteiger partial charge >= 0.3 is 11.9 Å². The number of hydrogen-bond acceptors (Lipinski definition) is 7. The first-order chi connectivity index (χ1) is 30.3. The summed E-state index contributed by atoms with van der Waals surface area (Å²) in [6, 6.07) is 46.4. The van der Waals surface area contributed by atoms with Crippen LogP contribution in [0.4, 0.5) is 0 Å². The lowest BCUT2D eigenvalue weighted by atomic mass is 9.93. The van der Waals surface area contributed by atoms with Crippen molar-refractivity contribution in [3.05, 3.63) is 157 Å². The van der Waals surface area contributed by atoms with Gasteiger partial charge in [-0.1, -0.05) is 133 Å². The Bertz CT molecular complexity index is 2070. The van der Waals surface area contributed by atoms with Crippen molar-refractivity contribution in [2.24, 2.45) is 5.92 Å². The van der Waals surface area contributed by atoms with E-state index in [1.54, 1.807) is 7.11 Å². The number of aryl methyl sites for hydroxylation is 1.